The summed E-state index contributed by atoms with van der Waals surface area (Å²) >= 11 is 0. The summed E-state index contributed by atoms with van der Waals surface area (Å²) in [7, 11) is 7.84. The Balaban J connectivity index is 2.02. The summed E-state index contributed by atoms with van der Waals surface area (Å²) < 4.78 is 7.82. The van der Waals surface area contributed by atoms with Gasteiger partial charge in [0, 0.05) is 36.6 Å². The molecule has 0 amide bonds. The molecule has 1 aliphatic rings. The number of hydrogen-bond acceptors (Lipinski definition) is 4. The average Bonchev–Trinajstić information content (AvgIpc) is 2.95. The van der Waals surface area contributed by atoms with Crippen LogP contribution in [0, 0.1) is 11.3 Å². The van der Waals surface area contributed by atoms with Gasteiger partial charge >= 0.3 is 0 Å². The third-order valence-corrected chi connectivity index (χ3v) is 4.36. The van der Waals surface area contributed by atoms with Crippen LogP contribution in [0.3, 0.4) is 0 Å². The Morgan fingerprint density at radius 2 is 2.17 bits per heavy atom. The molecule has 24 heavy (non-hydrogen) atoms. The first-order valence-electron chi connectivity index (χ1n) is 7.46. The summed E-state index contributed by atoms with van der Waals surface area (Å²) in [5.41, 5.74) is 9.68. The van der Waals surface area contributed by atoms with Crippen LogP contribution in [0.4, 0.5) is 0 Å². The molecule has 0 spiro atoms. The molecular formula is C18H13BN4O. The van der Waals surface area contributed by atoms with Crippen LogP contribution in [0.25, 0.3) is 10.9 Å². The monoisotopic (exact) mass is 312 g/mol. The summed E-state index contributed by atoms with van der Waals surface area (Å²) in [6, 6.07) is 9.95. The lowest BCUT2D eigenvalue weighted by molar-refractivity contribution is 0.398. The first-order chi connectivity index (χ1) is 11.6. The van der Waals surface area contributed by atoms with Crippen molar-refractivity contribution in [1.82, 2.24) is 9.55 Å². The smallest absolute Gasteiger partial charge is 0.205 e. The molecule has 4 rings (SSSR count). The van der Waals surface area contributed by atoms with E-state index in [-0.39, 0.29) is 11.8 Å². The summed E-state index contributed by atoms with van der Waals surface area (Å²) in [5, 5.41) is 10.5. The van der Waals surface area contributed by atoms with Crippen molar-refractivity contribution >= 4 is 24.2 Å². The number of hydrogen-bond donors (Lipinski definition) is 1. The molecular weight excluding hydrogens is 299 g/mol. The number of benzene rings is 1. The minimum atomic E-state index is -0.348. The molecule has 3 aromatic rings. The van der Waals surface area contributed by atoms with Gasteiger partial charge in [0.2, 0.25) is 5.88 Å². The highest BCUT2D eigenvalue weighted by Crippen LogP contribution is 2.45. The number of nitriles is 1. The maximum Gasteiger partial charge on any atom is 0.205 e. The quantitative estimate of drug-likeness (QED) is 0.692. The van der Waals surface area contributed by atoms with Crippen molar-refractivity contribution in [2.45, 2.75) is 5.92 Å². The van der Waals surface area contributed by atoms with Crippen LogP contribution in [0.15, 0.2) is 54.3 Å². The van der Waals surface area contributed by atoms with Gasteiger partial charge in [0.25, 0.3) is 0 Å². The minimum Gasteiger partial charge on any atom is -0.439 e. The summed E-state index contributed by atoms with van der Waals surface area (Å²) in [6.45, 7) is 0. The molecule has 1 aliphatic heterocycles. The van der Waals surface area contributed by atoms with E-state index in [1.807, 2.05) is 42.1 Å². The number of nitrogens with zero attached hydrogens (tertiary/aromatic N) is 3. The molecule has 1 aromatic carbocycles. The number of allylic oxidation sites excluding steroid dienone is 1. The Hall–Kier alpha value is -3.20. The second-order valence-electron chi connectivity index (χ2n) is 5.82. The zero-order chi connectivity index (χ0) is 16.8. The Morgan fingerprint density at radius 1 is 1.33 bits per heavy atom. The van der Waals surface area contributed by atoms with Gasteiger partial charge in [-0.3, -0.25) is 4.98 Å². The van der Waals surface area contributed by atoms with Crippen LogP contribution < -0.4 is 15.9 Å². The number of pyridine rings is 1. The van der Waals surface area contributed by atoms with Crippen LogP contribution in [-0.4, -0.2) is 17.4 Å². The van der Waals surface area contributed by atoms with Gasteiger partial charge in [-0.15, -0.1) is 0 Å². The Bertz CT molecular complexity index is 1040. The fourth-order valence-electron chi connectivity index (χ4n) is 3.25. The molecule has 2 radical (unpaired) electrons. The van der Waals surface area contributed by atoms with Gasteiger partial charge < -0.3 is 15.0 Å². The standard InChI is InChI=1S/C18H13BN4O/c1-23-5-4-12-15(23)3-2-13-16(10-6-11(19)9-22-8-10)14(7-20)18(21)24-17(12)13/h2-6,8-9,16H,21H2,1H3. The average molecular weight is 312 g/mol. The molecule has 0 fully saturated rings. The highest BCUT2D eigenvalue weighted by Gasteiger charge is 2.32. The number of fused-ring (bicyclic) bond motifs is 3. The Labute approximate surface area is 140 Å². The van der Waals surface area contributed by atoms with Gasteiger partial charge in [0.05, 0.1) is 11.4 Å². The zero-order valence-electron chi connectivity index (χ0n) is 13.0. The highest BCUT2D eigenvalue weighted by molar-refractivity contribution is 6.32. The number of aryl methyl sites for hydroxylation is 1. The second kappa shape index (κ2) is 5.17. The molecule has 6 heteroatoms. The number of aromatic nitrogens is 2. The van der Waals surface area contributed by atoms with Crippen molar-refractivity contribution in [1.29, 1.82) is 5.26 Å². The predicted octanol–water partition coefficient (Wildman–Crippen LogP) is 1.59. The maximum absolute atomic E-state index is 9.58. The van der Waals surface area contributed by atoms with Crippen molar-refractivity contribution < 1.29 is 4.74 Å². The molecule has 0 bridgehead atoms. The molecule has 2 aromatic heterocycles. The van der Waals surface area contributed by atoms with E-state index >= 15 is 0 Å². The van der Waals surface area contributed by atoms with Gasteiger partial charge in [0.1, 0.15) is 25.2 Å². The SMILES string of the molecule is [B]c1cncc(C2C(C#N)=C(N)Oc3c2ccc2c3ccn2C)c1. The van der Waals surface area contributed by atoms with Crippen LogP contribution in [0.2, 0.25) is 0 Å². The number of rotatable bonds is 1. The van der Waals surface area contributed by atoms with Crippen molar-refractivity contribution in [2.75, 3.05) is 0 Å². The first kappa shape index (κ1) is 14.4. The molecule has 5 nitrogen and oxygen atoms in total. The topological polar surface area (TPSA) is 76.9 Å². The van der Waals surface area contributed by atoms with E-state index in [1.165, 1.54) is 0 Å². The lowest BCUT2D eigenvalue weighted by atomic mass is 9.82. The van der Waals surface area contributed by atoms with E-state index in [1.54, 1.807) is 12.4 Å². The van der Waals surface area contributed by atoms with Crippen molar-refractivity contribution in [2.24, 2.45) is 12.8 Å². The Morgan fingerprint density at radius 3 is 2.92 bits per heavy atom. The first-order valence-corrected chi connectivity index (χ1v) is 7.46. The largest absolute Gasteiger partial charge is 0.439 e. The number of ether oxygens (including phenoxy) is 1. The highest BCUT2D eigenvalue weighted by atomic mass is 16.5. The minimum absolute atomic E-state index is 0.119. The Kier molecular flexibility index (Phi) is 3.10. The van der Waals surface area contributed by atoms with E-state index in [2.05, 4.69) is 11.1 Å². The van der Waals surface area contributed by atoms with E-state index in [0.29, 0.717) is 16.8 Å². The van der Waals surface area contributed by atoms with Crippen molar-refractivity contribution in [3.63, 3.8) is 0 Å². The third-order valence-electron chi connectivity index (χ3n) is 4.36. The van der Waals surface area contributed by atoms with Gasteiger partial charge in [-0.25, -0.2) is 0 Å². The molecule has 2 N–H and O–H groups in total. The predicted molar refractivity (Wildman–Crippen MR) is 91.8 cm³/mol. The van der Waals surface area contributed by atoms with E-state index < -0.39 is 0 Å². The molecule has 114 valence electrons. The van der Waals surface area contributed by atoms with Gasteiger partial charge in [-0.1, -0.05) is 17.6 Å². The maximum atomic E-state index is 9.58. The van der Waals surface area contributed by atoms with Crippen LogP contribution >= 0.6 is 0 Å². The molecule has 0 saturated carbocycles. The third kappa shape index (κ3) is 1.98. The van der Waals surface area contributed by atoms with E-state index in [9.17, 15) is 5.26 Å². The normalized spacial score (nSPS) is 16.6. The van der Waals surface area contributed by atoms with E-state index in [4.69, 9.17) is 18.3 Å². The molecule has 1 unspecified atom stereocenters. The summed E-state index contributed by atoms with van der Waals surface area (Å²) in [5.74, 6) is 0.449. The molecule has 3 heterocycles. The molecule has 1 atom stereocenters. The fourth-order valence-corrected chi connectivity index (χ4v) is 3.25. The van der Waals surface area contributed by atoms with Gasteiger partial charge in [-0.2, -0.15) is 5.26 Å². The molecule has 0 saturated heterocycles. The molecule has 0 aliphatic carbocycles. The summed E-state index contributed by atoms with van der Waals surface area (Å²) in [4.78, 5) is 4.15. The lowest BCUT2D eigenvalue weighted by Gasteiger charge is -2.27. The van der Waals surface area contributed by atoms with Crippen LogP contribution in [0.5, 0.6) is 5.75 Å². The van der Waals surface area contributed by atoms with Gasteiger partial charge in [-0.05, 0) is 17.7 Å². The fraction of sp³-hybridized carbons (Fsp3) is 0.111. The summed E-state index contributed by atoms with van der Waals surface area (Å²) in [6.07, 6.45) is 5.24. The van der Waals surface area contributed by atoms with Crippen LogP contribution in [-0.2, 0) is 7.05 Å². The van der Waals surface area contributed by atoms with Crippen molar-refractivity contribution in [3.05, 3.63) is 65.4 Å². The zero-order valence-corrected chi connectivity index (χ0v) is 13.0. The number of nitrogens with two attached hydrogens (primary N) is 1. The lowest BCUT2D eigenvalue weighted by Crippen LogP contribution is -2.22. The second-order valence-corrected chi connectivity index (χ2v) is 5.82. The van der Waals surface area contributed by atoms with Crippen LogP contribution in [0.1, 0.15) is 17.0 Å². The van der Waals surface area contributed by atoms with E-state index in [0.717, 1.165) is 22.0 Å². The van der Waals surface area contributed by atoms with Crippen molar-refractivity contribution in [3.8, 4) is 11.8 Å². The van der Waals surface area contributed by atoms with Gasteiger partial charge in [0.15, 0.2) is 0 Å².